The Hall–Kier alpha value is -4.84. The summed E-state index contributed by atoms with van der Waals surface area (Å²) in [5.41, 5.74) is 0.968. The lowest BCUT2D eigenvalue weighted by atomic mass is 9.89. The second kappa shape index (κ2) is 12.0. The maximum Gasteiger partial charge on any atom is 0.271 e. The van der Waals surface area contributed by atoms with Crippen LogP contribution in [-0.4, -0.2) is 50.8 Å². The minimum absolute atomic E-state index is 0.174. The van der Waals surface area contributed by atoms with E-state index in [0.717, 1.165) is 17.7 Å². The minimum atomic E-state index is -1.19. The number of carbonyl (C=O) groups is 2. The van der Waals surface area contributed by atoms with Crippen molar-refractivity contribution in [2.24, 2.45) is 5.92 Å². The molecule has 2 saturated heterocycles. The van der Waals surface area contributed by atoms with Gasteiger partial charge in [0.2, 0.25) is 11.7 Å². The molecule has 42 heavy (non-hydrogen) atoms. The summed E-state index contributed by atoms with van der Waals surface area (Å²) in [6.45, 7) is 2.64. The SMILES string of the molecule is CCCCOc1ccc(N2C(=O)[C@H]3[C@@H](c4ccc(OC)c(OC)c4OC)N(c4cccc([N+](=O)[O-])c4)O[C@H]3C2=O)cc1. The van der Waals surface area contributed by atoms with E-state index in [1.54, 1.807) is 42.5 Å². The molecule has 0 spiro atoms. The van der Waals surface area contributed by atoms with E-state index in [4.69, 9.17) is 23.8 Å². The van der Waals surface area contributed by atoms with Gasteiger partial charge >= 0.3 is 0 Å². The fourth-order valence-corrected chi connectivity index (χ4v) is 5.34. The number of ether oxygens (including phenoxy) is 4. The monoisotopic (exact) mass is 577 g/mol. The summed E-state index contributed by atoms with van der Waals surface area (Å²) < 4.78 is 22.4. The first-order chi connectivity index (χ1) is 20.3. The summed E-state index contributed by atoms with van der Waals surface area (Å²) in [5, 5.41) is 12.9. The number of anilines is 2. The number of unbranched alkanes of at least 4 members (excludes halogenated alkanes) is 1. The number of rotatable bonds is 11. The third-order valence-corrected chi connectivity index (χ3v) is 7.33. The minimum Gasteiger partial charge on any atom is -0.494 e. The highest BCUT2D eigenvalue weighted by atomic mass is 16.7. The normalized spacial score (nSPS) is 19.6. The van der Waals surface area contributed by atoms with Gasteiger partial charge in [-0.1, -0.05) is 19.4 Å². The van der Waals surface area contributed by atoms with Crippen LogP contribution in [0.25, 0.3) is 0 Å². The molecule has 0 radical (unpaired) electrons. The molecule has 2 fully saturated rings. The van der Waals surface area contributed by atoms with Crippen molar-refractivity contribution < 1.29 is 38.3 Å². The zero-order chi connectivity index (χ0) is 30.0. The van der Waals surface area contributed by atoms with Gasteiger partial charge in [0.05, 0.1) is 44.2 Å². The molecule has 3 aromatic carbocycles. The van der Waals surface area contributed by atoms with Crippen LogP contribution in [0.5, 0.6) is 23.0 Å². The van der Waals surface area contributed by atoms with Gasteiger partial charge in [-0.3, -0.25) is 24.5 Å². The number of fused-ring (bicyclic) bond motifs is 1. The van der Waals surface area contributed by atoms with Gasteiger partial charge in [0.15, 0.2) is 17.6 Å². The highest BCUT2D eigenvalue weighted by molar-refractivity contribution is 6.24. The van der Waals surface area contributed by atoms with E-state index in [9.17, 15) is 19.7 Å². The van der Waals surface area contributed by atoms with Gasteiger partial charge < -0.3 is 18.9 Å². The van der Waals surface area contributed by atoms with E-state index in [1.165, 1.54) is 44.6 Å². The van der Waals surface area contributed by atoms with Crippen LogP contribution in [0.3, 0.4) is 0 Å². The maximum atomic E-state index is 14.1. The summed E-state index contributed by atoms with van der Waals surface area (Å²) in [7, 11) is 4.39. The number of carbonyl (C=O) groups excluding carboxylic acids is 2. The molecule has 2 amide bonds. The standard InChI is InChI=1S/C30H31N3O9/c1-5-6-16-41-21-12-10-18(11-13-21)31-29(34)24-25(22-14-15-23(38-2)27(40-4)26(22)39-3)32(42-28(24)30(31)35)19-8-7-9-20(17-19)33(36)37/h7-15,17,24-25,28H,5-6,16H2,1-4H3/t24-,25+,28+/m0/s1. The molecule has 3 atom stereocenters. The van der Waals surface area contributed by atoms with E-state index in [-0.39, 0.29) is 17.2 Å². The van der Waals surface area contributed by atoms with Crippen molar-refractivity contribution in [1.82, 2.24) is 0 Å². The largest absolute Gasteiger partial charge is 0.494 e. The van der Waals surface area contributed by atoms with Crippen molar-refractivity contribution >= 4 is 28.9 Å². The van der Waals surface area contributed by atoms with Crippen LogP contribution in [0.15, 0.2) is 60.7 Å². The molecular weight excluding hydrogens is 546 g/mol. The van der Waals surface area contributed by atoms with E-state index >= 15 is 0 Å². The molecule has 220 valence electrons. The first kappa shape index (κ1) is 28.7. The third-order valence-electron chi connectivity index (χ3n) is 7.33. The number of imide groups is 1. The van der Waals surface area contributed by atoms with Gasteiger partial charge in [0.25, 0.3) is 11.6 Å². The number of nitrogens with zero attached hydrogens (tertiary/aromatic N) is 3. The molecule has 5 rings (SSSR count). The second-order valence-electron chi connectivity index (χ2n) is 9.73. The smallest absolute Gasteiger partial charge is 0.271 e. The number of amides is 2. The quantitative estimate of drug-likeness (QED) is 0.135. The van der Waals surface area contributed by atoms with Crippen LogP contribution in [0.4, 0.5) is 17.1 Å². The number of hydrogen-bond donors (Lipinski definition) is 0. The van der Waals surface area contributed by atoms with Crippen molar-refractivity contribution in [3.63, 3.8) is 0 Å². The highest BCUT2D eigenvalue weighted by Crippen LogP contribution is 2.53. The number of nitro groups is 1. The number of nitro benzene ring substituents is 1. The Morgan fingerprint density at radius 1 is 0.905 bits per heavy atom. The number of non-ortho nitro benzene ring substituents is 1. The molecule has 2 heterocycles. The summed E-state index contributed by atoms with van der Waals surface area (Å²) in [4.78, 5) is 46.1. The number of methoxy groups -OCH3 is 3. The number of hydroxylamine groups is 1. The second-order valence-corrected chi connectivity index (χ2v) is 9.73. The average molecular weight is 578 g/mol. The maximum absolute atomic E-state index is 14.1. The zero-order valence-corrected chi connectivity index (χ0v) is 23.6. The van der Waals surface area contributed by atoms with Gasteiger partial charge in [-0.15, -0.1) is 0 Å². The predicted molar refractivity (Wildman–Crippen MR) is 152 cm³/mol. The molecule has 3 aromatic rings. The number of benzene rings is 3. The zero-order valence-electron chi connectivity index (χ0n) is 23.6. The summed E-state index contributed by atoms with van der Waals surface area (Å²) in [6.07, 6.45) is 0.713. The molecule has 0 aliphatic carbocycles. The number of hydrogen-bond acceptors (Lipinski definition) is 10. The first-order valence-corrected chi connectivity index (χ1v) is 13.4. The fraction of sp³-hybridized carbons (Fsp3) is 0.333. The van der Waals surface area contributed by atoms with Gasteiger partial charge in [-0.25, -0.2) is 9.96 Å². The molecule has 0 saturated carbocycles. The Morgan fingerprint density at radius 3 is 2.29 bits per heavy atom. The lowest BCUT2D eigenvalue weighted by Crippen LogP contribution is -2.37. The summed E-state index contributed by atoms with van der Waals surface area (Å²) in [6, 6.07) is 15.0. The molecule has 0 N–H and O–H groups in total. The van der Waals surface area contributed by atoms with Gasteiger partial charge in [-0.05, 0) is 48.9 Å². The van der Waals surface area contributed by atoms with E-state index in [0.29, 0.717) is 35.0 Å². The van der Waals surface area contributed by atoms with E-state index < -0.39 is 34.8 Å². The van der Waals surface area contributed by atoms with E-state index in [1.807, 2.05) is 0 Å². The molecular formula is C30H31N3O9. The van der Waals surface area contributed by atoms with Crippen molar-refractivity contribution in [3.05, 3.63) is 76.3 Å². The van der Waals surface area contributed by atoms with Crippen molar-refractivity contribution in [1.29, 1.82) is 0 Å². The Labute approximate surface area is 242 Å². The third kappa shape index (κ3) is 4.94. The molecule has 12 heteroatoms. The van der Waals surface area contributed by atoms with Crippen LogP contribution in [0, 0.1) is 16.0 Å². The van der Waals surface area contributed by atoms with Crippen molar-refractivity contribution in [3.8, 4) is 23.0 Å². The van der Waals surface area contributed by atoms with Crippen LogP contribution in [0.2, 0.25) is 0 Å². The molecule has 2 aliphatic heterocycles. The lowest BCUT2D eigenvalue weighted by molar-refractivity contribution is -0.384. The molecule has 2 aliphatic rings. The Kier molecular flexibility index (Phi) is 8.16. The average Bonchev–Trinajstić information content (AvgIpc) is 3.52. The van der Waals surface area contributed by atoms with Gasteiger partial charge in [0, 0.05) is 17.7 Å². The molecule has 12 nitrogen and oxygen atoms in total. The van der Waals surface area contributed by atoms with Crippen molar-refractivity contribution in [2.75, 3.05) is 37.9 Å². The van der Waals surface area contributed by atoms with Crippen LogP contribution in [-0.2, 0) is 14.4 Å². The van der Waals surface area contributed by atoms with Crippen LogP contribution < -0.4 is 28.9 Å². The van der Waals surface area contributed by atoms with Gasteiger partial charge in [-0.2, -0.15) is 0 Å². The van der Waals surface area contributed by atoms with Gasteiger partial charge in [0.1, 0.15) is 17.7 Å². The highest BCUT2D eigenvalue weighted by Gasteiger charge is 2.61. The van der Waals surface area contributed by atoms with E-state index in [2.05, 4.69) is 6.92 Å². The Balaban J connectivity index is 1.58. The van der Waals surface area contributed by atoms with Crippen molar-refractivity contribution in [2.45, 2.75) is 31.9 Å². The van der Waals surface area contributed by atoms with Crippen LogP contribution in [0.1, 0.15) is 31.4 Å². The fourth-order valence-electron chi connectivity index (χ4n) is 5.34. The van der Waals surface area contributed by atoms with Crippen LogP contribution >= 0.6 is 0 Å². The Bertz CT molecular complexity index is 1490. The topological polar surface area (TPSA) is 130 Å². The summed E-state index contributed by atoms with van der Waals surface area (Å²) >= 11 is 0. The molecule has 0 unspecified atom stereocenters. The molecule has 0 bridgehead atoms. The Morgan fingerprint density at radius 2 is 1.64 bits per heavy atom. The first-order valence-electron chi connectivity index (χ1n) is 13.4. The molecule has 0 aromatic heterocycles. The lowest BCUT2D eigenvalue weighted by Gasteiger charge is -2.30. The predicted octanol–water partition coefficient (Wildman–Crippen LogP) is 4.85. The summed E-state index contributed by atoms with van der Waals surface area (Å²) in [5.74, 6) is -0.466.